The normalized spacial score (nSPS) is 5.40. The third kappa shape index (κ3) is 51.3. The van der Waals surface area contributed by atoms with E-state index in [1.165, 1.54) is 13.8 Å². The van der Waals surface area contributed by atoms with Gasteiger partial charge >= 0.3 is 5.97 Å². The number of hydrogen-bond donors (Lipinski definition) is 0. The van der Waals surface area contributed by atoms with Crippen LogP contribution in [0.15, 0.2) is 0 Å². The molecule has 0 saturated heterocycles. The fraction of sp³-hybridized carbons (Fsp3) is 0.667. The van der Waals surface area contributed by atoms with Crippen molar-refractivity contribution >= 4 is 5.97 Å². The van der Waals surface area contributed by atoms with Crippen LogP contribution in [0.3, 0.4) is 0 Å². The summed E-state index contributed by atoms with van der Waals surface area (Å²) in [4.78, 5) is 9.82. The molecule has 0 unspecified atom stereocenters. The molecule has 0 aromatic rings. The molecule has 3 nitrogen and oxygen atoms in total. The Morgan fingerprint density at radius 3 is 2.00 bits per heavy atom. The van der Waals surface area contributed by atoms with Crippen LogP contribution in [0.1, 0.15) is 20.8 Å². The Kier molecular flexibility index (Phi) is 25.6. The van der Waals surface area contributed by atoms with Gasteiger partial charge in [0.2, 0.25) is 0 Å². The molecule has 61 valence electrons. The van der Waals surface area contributed by atoms with E-state index in [2.05, 4.69) is 4.74 Å². The maximum Gasteiger partial charge on any atom is 0.302 e. The zero-order valence-corrected chi connectivity index (χ0v) is 7.35. The molecule has 4 heteroatoms. The molecule has 0 aliphatic carbocycles. The summed E-state index contributed by atoms with van der Waals surface area (Å²) in [6.45, 7) is 5.08. The maximum absolute atomic E-state index is 9.82. The Morgan fingerprint density at radius 2 is 2.00 bits per heavy atom. The summed E-state index contributed by atoms with van der Waals surface area (Å²) in [5, 5.41) is 7.32. The van der Waals surface area contributed by atoms with Gasteiger partial charge in [-0.15, -0.1) is 0 Å². The van der Waals surface area contributed by atoms with Crippen molar-refractivity contribution in [3.63, 3.8) is 0 Å². The van der Waals surface area contributed by atoms with Crippen LogP contribution in [0.4, 0.5) is 0 Å². The summed E-state index contributed by atoms with van der Waals surface area (Å²) in [5.41, 5.74) is 0. The van der Waals surface area contributed by atoms with Crippen molar-refractivity contribution in [1.82, 2.24) is 0 Å². The molecular formula is C6H11CoNO2. The monoisotopic (exact) mass is 188 g/mol. The third-order valence-electron chi connectivity index (χ3n) is 0.348. The fourth-order valence-electron chi connectivity index (χ4n) is 0.203. The van der Waals surface area contributed by atoms with E-state index < -0.39 is 0 Å². The van der Waals surface area contributed by atoms with Gasteiger partial charge in [-0.2, -0.15) is 5.26 Å². The van der Waals surface area contributed by atoms with Crippen LogP contribution in [0.2, 0.25) is 0 Å². The number of ether oxygens (including phenoxy) is 1. The number of carbonyl (C=O) groups excluding carboxylic acids is 1. The summed E-state index contributed by atoms with van der Waals surface area (Å²) in [6.07, 6.45) is 0. The number of esters is 1. The van der Waals surface area contributed by atoms with Gasteiger partial charge in [0, 0.05) is 30.6 Å². The SMILES string of the molecule is CC#N.CCOC(C)=O.[Co]. The molecule has 0 bridgehead atoms. The van der Waals surface area contributed by atoms with Gasteiger partial charge in [0.05, 0.1) is 12.7 Å². The quantitative estimate of drug-likeness (QED) is 0.579. The Bertz CT molecular complexity index is 109. The van der Waals surface area contributed by atoms with Crippen molar-refractivity contribution in [3.05, 3.63) is 0 Å². The molecule has 0 aliphatic rings. The van der Waals surface area contributed by atoms with Crippen LogP contribution in [0, 0.1) is 11.3 Å². The van der Waals surface area contributed by atoms with Gasteiger partial charge in [0.1, 0.15) is 0 Å². The first-order valence-corrected chi connectivity index (χ1v) is 2.63. The van der Waals surface area contributed by atoms with E-state index >= 15 is 0 Å². The molecule has 0 rings (SSSR count). The van der Waals surface area contributed by atoms with Gasteiger partial charge in [-0.25, -0.2) is 0 Å². The number of carbonyl (C=O) groups is 1. The first kappa shape index (κ1) is 16.2. The Morgan fingerprint density at radius 1 is 1.70 bits per heavy atom. The van der Waals surface area contributed by atoms with E-state index in [1.807, 2.05) is 0 Å². The van der Waals surface area contributed by atoms with E-state index in [0.29, 0.717) is 6.61 Å². The van der Waals surface area contributed by atoms with E-state index in [9.17, 15) is 4.79 Å². The molecular weight excluding hydrogens is 177 g/mol. The third-order valence-corrected chi connectivity index (χ3v) is 0.348. The van der Waals surface area contributed by atoms with Crippen LogP contribution in [-0.4, -0.2) is 12.6 Å². The molecule has 0 N–H and O–H groups in total. The number of rotatable bonds is 1. The molecule has 0 saturated carbocycles. The molecule has 0 aromatic heterocycles. The molecule has 0 spiro atoms. The van der Waals surface area contributed by atoms with Crippen molar-refractivity contribution in [3.8, 4) is 6.07 Å². The smallest absolute Gasteiger partial charge is 0.302 e. The molecule has 0 aromatic carbocycles. The number of nitrogens with zero attached hydrogens (tertiary/aromatic N) is 1. The fourth-order valence-corrected chi connectivity index (χ4v) is 0.203. The van der Waals surface area contributed by atoms with Gasteiger partial charge in [-0.1, -0.05) is 0 Å². The topological polar surface area (TPSA) is 50.1 Å². The summed E-state index contributed by atoms with van der Waals surface area (Å²) < 4.78 is 4.40. The Labute approximate surface area is 71.6 Å². The summed E-state index contributed by atoms with van der Waals surface area (Å²) in [7, 11) is 0. The van der Waals surface area contributed by atoms with Crippen LogP contribution >= 0.6 is 0 Å². The minimum absolute atomic E-state index is 0. The number of hydrogen-bond acceptors (Lipinski definition) is 3. The molecule has 10 heavy (non-hydrogen) atoms. The standard InChI is InChI=1S/C4H8O2.C2H3N.Co/c1-3-6-4(2)5;1-2-3;/h3H2,1-2H3;1H3;. The predicted molar refractivity (Wildman–Crippen MR) is 33.6 cm³/mol. The van der Waals surface area contributed by atoms with Crippen LogP contribution in [0.5, 0.6) is 0 Å². The Balaban J connectivity index is -0.000000107. The molecule has 1 radical (unpaired) electrons. The molecule has 0 heterocycles. The minimum atomic E-state index is -0.211. The predicted octanol–water partition coefficient (Wildman–Crippen LogP) is 1.10. The molecule has 0 fully saturated rings. The molecule has 0 atom stereocenters. The van der Waals surface area contributed by atoms with Crippen LogP contribution < -0.4 is 0 Å². The first-order valence-electron chi connectivity index (χ1n) is 2.63. The summed E-state index contributed by atoms with van der Waals surface area (Å²) in [6, 6.07) is 1.75. The maximum atomic E-state index is 9.82. The van der Waals surface area contributed by atoms with Crippen molar-refractivity contribution in [1.29, 1.82) is 5.26 Å². The summed E-state index contributed by atoms with van der Waals surface area (Å²) in [5.74, 6) is -0.211. The second kappa shape index (κ2) is 15.8. The van der Waals surface area contributed by atoms with E-state index in [-0.39, 0.29) is 22.7 Å². The number of nitriles is 1. The van der Waals surface area contributed by atoms with E-state index in [0.717, 1.165) is 0 Å². The Hall–Kier alpha value is -0.534. The average molecular weight is 188 g/mol. The average Bonchev–Trinajstić information content (AvgIpc) is 1.67. The van der Waals surface area contributed by atoms with Gasteiger partial charge in [-0.05, 0) is 6.92 Å². The molecule has 0 amide bonds. The van der Waals surface area contributed by atoms with Crippen molar-refractivity contribution in [2.24, 2.45) is 0 Å². The minimum Gasteiger partial charge on any atom is -0.466 e. The van der Waals surface area contributed by atoms with Crippen molar-refractivity contribution < 1.29 is 26.3 Å². The van der Waals surface area contributed by atoms with Gasteiger partial charge < -0.3 is 4.74 Å². The second-order valence-corrected chi connectivity index (χ2v) is 1.15. The van der Waals surface area contributed by atoms with Crippen LogP contribution in [-0.2, 0) is 26.3 Å². The zero-order chi connectivity index (χ0) is 7.70. The van der Waals surface area contributed by atoms with Crippen molar-refractivity contribution in [2.45, 2.75) is 20.8 Å². The van der Waals surface area contributed by atoms with Gasteiger partial charge in [0.15, 0.2) is 0 Å². The first-order chi connectivity index (χ1) is 4.18. The molecule has 0 aliphatic heterocycles. The summed E-state index contributed by atoms with van der Waals surface area (Å²) >= 11 is 0. The van der Waals surface area contributed by atoms with Gasteiger partial charge in [-0.3, -0.25) is 4.79 Å². The van der Waals surface area contributed by atoms with Crippen molar-refractivity contribution in [2.75, 3.05) is 6.61 Å². The second-order valence-electron chi connectivity index (χ2n) is 1.15. The van der Waals surface area contributed by atoms with Gasteiger partial charge in [0.25, 0.3) is 0 Å². The zero-order valence-electron chi connectivity index (χ0n) is 6.30. The van der Waals surface area contributed by atoms with Crippen LogP contribution in [0.25, 0.3) is 0 Å². The largest absolute Gasteiger partial charge is 0.466 e. The van der Waals surface area contributed by atoms with E-state index in [1.54, 1.807) is 13.0 Å². The van der Waals surface area contributed by atoms with E-state index in [4.69, 9.17) is 5.26 Å².